The van der Waals surface area contributed by atoms with Crippen molar-refractivity contribution in [1.29, 1.82) is 0 Å². The Hall–Kier alpha value is -1.58. The van der Waals surface area contributed by atoms with Crippen LogP contribution in [0.5, 0.6) is 5.75 Å². The van der Waals surface area contributed by atoms with Crippen molar-refractivity contribution in [3.8, 4) is 5.75 Å². The topological polar surface area (TPSA) is 44.5 Å². The minimum Gasteiger partial charge on any atom is -0.491 e. The third kappa shape index (κ3) is 3.04. The highest BCUT2D eigenvalue weighted by molar-refractivity contribution is 5.87. The van der Waals surface area contributed by atoms with Crippen LogP contribution in [0.15, 0.2) is 36.4 Å². The van der Waals surface area contributed by atoms with Crippen molar-refractivity contribution in [2.24, 2.45) is 5.73 Å². The molecule has 3 rings (SSSR count). The highest BCUT2D eigenvalue weighted by Gasteiger charge is 2.32. The van der Waals surface area contributed by atoms with Gasteiger partial charge in [0.25, 0.3) is 0 Å². The molecule has 0 amide bonds. The van der Waals surface area contributed by atoms with Gasteiger partial charge in [0.15, 0.2) is 0 Å². The largest absolute Gasteiger partial charge is 0.491 e. The van der Waals surface area contributed by atoms with Crippen molar-refractivity contribution in [3.05, 3.63) is 42.0 Å². The van der Waals surface area contributed by atoms with Gasteiger partial charge in [0, 0.05) is 12.1 Å². The Morgan fingerprint density at radius 2 is 2.05 bits per heavy atom. The van der Waals surface area contributed by atoms with Crippen molar-refractivity contribution in [2.75, 3.05) is 6.61 Å². The Morgan fingerprint density at radius 3 is 2.76 bits per heavy atom. The van der Waals surface area contributed by atoms with Crippen molar-refractivity contribution in [3.63, 3.8) is 0 Å². The van der Waals surface area contributed by atoms with Crippen LogP contribution in [0.4, 0.5) is 0 Å². The van der Waals surface area contributed by atoms with Crippen LogP contribution in [0, 0.1) is 0 Å². The molecule has 1 aliphatic heterocycles. The molecule has 1 unspecified atom stereocenters. The molecule has 0 aliphatic carbocycles. The molecule has 0 spiro atoms. The van der Waals surface area contributed by atoms with Gasteiger partial charge in [-0.1, -0.05) is 30.3 Å². The number of hydrogen-bond acceptors (Lipinski definition) is 3. The number of ether oxygens (including phenoxy) is 2. The van der Waals surface area contributed by atoms with Gasteiger partial charge in [0.1, 0.15) is 12.4 Å². The van der Waals surface area contributed by atoms with Crippen LogP contribution >= 0.6 is 0 Å². The third-order valence-electron chi connectivity index (χ3n) is 4.18. The van der Waals surface area contributed by atoms with Gasteiger partial charge in [0.2, 0.25) is 0 Å². The average molecular weight is 285 g/mol. The number of rotatable bonds is 4. The second kappa shape index (κ2) is 5.66. The van der Waals surface area contributed by atoms with Gasteiger partial charge in [0.05, 0.1) is 11.7 Å². The molecule has 2 aromatic carbocycles. The average Bonchev–Trinajstić information content (AvgIpc) is 2.83. The van der Waals surface area contributed by atoms with Gasteiger partial charge >= 0.3 is 0 Å². The van der Waals surface area contributed by atoms with Gasteiger partial charge < -0.3 is 15.2 Å². The molecule has 3 nitrogen and oxygen atoms in total. The molecule has 0 aromatic heterocycles. The van der Waals surface area contributed by atoms with Gasteiger partial charge in [-0.25, -0.2) is 0 Å². The van der Waals surface area contributed by atoms with Crippen molar-refractivity contribution < 1.29 is 9.47 Å². The van der Waals surface area contributed by atoms with E-state index in [0.717, 1.165) is 24.2 Å². The van der Waals surface area contributed by atoms with Crippen LogP contribution in [0.25, 0.3) is 10.8 Å². The van der Waals surface area contributed by atoms with Crippen molar-refractivity contribution >= 4 is 10.8 Å². The molecule has 1 heterocycles. The molecule has 1 fully saturated rings. The lowest BCUT2D eigenvalue weighted by molar-refractivity contribution is -0.0327. The van der Waals surface area contributed by atoms with Crippen molar-refractivity contribution in [2.45, 2.75) is 44.9 Å². The zero-order valence-corrected chi connectivity index (χ0v) is 12.8. The van der Waals surface area contributed by atoms with Crippen LogP contribution in [0.2, 0.25) is 0 Å². The summed E-state index contributed by atoms with van der Waals surface area (Å²) in [6, 6.07) is 12.4. The first kappa shape index (κ1) is 14.4. The third-order valence-corrected chi connectivity index (χ3v) is 4.18. The first-order valence-corrected chi connectivity index (χ1v) is 7.60. The SMILES string of the molecule is CC1(C)CCC(COc2ccc3ccccc3c2CN)O1. The molecule has 3 heteroatoms. The summed E-state index contributed by atoms with van der Waals surface area (Å²) in [5.74, 6) is 0.879. The maximum absolute atomic E-state index is 6.01. The molecule has 0 saturated carbocycles. The Morgan fingerprint density at radius 1 is 1.24 bits per heavy atom. The molecule has 1 atom stereocenters. The smallest absolute Gasteiger partial charge is 0.124 e. The highest BCUT2D eigenvalue weighted by atomic mass is 16.6. The Balaban J connectivity index is 1.78. The summed E-state index contributed by atoms with van der Waals surface area (Å²) in [5.41, 5.74) is 6.99. The minimum absolute atomic E-state index is 0.0197. The zero-order valence-electron chi connectivity index (χ0n) is 12.8. The molecule has 21 heavy (non-hydrogen) atoms. The van der Waals surface area contributed by atoms with E-state index < -0.39 is 0 Å². The fourth-order valence-corrected chi connectivity index (χ4v) is 3.04. The molecule has 2 N–H and O–H groups in total. The van der Waals surface area contributed by atoms with Gasteiger partial charge in [-0.05, 0) is 43.5 Å². The Kier molecular flexibility index (Phi) is 3.87. The van der Waals surface area contributed by atoms with E-state index in [2.05, 4.69) is 32.0 Å². The fraction of sp³-hybridized carbons (Fsp3) is 0.444. The predicted octanol–water partition coefficient (Wildman–Crippen LogP) is 3.63. The molecule has 1 saturated heterocycles. The molecular weight excluding hydrogens is 262 g/mol. The second-order valence-corrected chi connectivity index (χ2v) is 6.32. The normalized spacial score (nSPS) is 20.8. The van der Waals surface area contributed by atoms with E-state index >= 15 is 0 Å². The summed E-state index contributed by atoms with van der Waals surface area (Å²) < 4.78 is 12.0. The monoisotopic (exact) mass is 285 g/mol. The molecule has 2 aromatic rings. The molecule has 0 radical (unpaired) electrons. The molecular formula is C18H23NO2. The second-order valence-electron chi connectivity index (χ2n) is 6.32. The predicted molar refractivity (Wildman–Crippen MR) is 85.5 cm³/mol. The van der Waals surface area contributed by atoms with Gasteiger partial charge in [-0.15, -0.1) is 0 Å². The Bertz CT molecular complexity index is 636. The molecule has 1 aliphatic rings. The van der Waals surface area contributed by atoms with Crippen LogP contribution in [0.1, 0.15) is 32.3 Å². The van der Waals surface area contributed by atoms with Gasteiger partial charge in [-0.2, -0.15) is 0 Å². The van der Waals surface area contributed by atoms with Crippen LogP contribution < -0.4 is 10.5 Å². The molecule has 112 valence electrons. The maximum Gasteiger partial charge on any atom is 0.124 e. The summed E-state index contributed by atoms with van der Waals surface area (Å²) in [7, 11) is 0. The first-order valence-electron chi connectivity index (χ1n) is 7.60. The fourth-order valence-electron chi connectivity index (χ4n) is 3.04. The van der Waals surface area contributed by atoms with E-state index in [0.29, 0.717) is 13.2 Å². The minimum atomic E-state index is -0.0197. The van der Waals surface area contributed by atoms with Crippen molar-refractivity contribution in [1.82, 2.24) is 0 Å². The summed E-state index contributed by atoms with van der Waals surface area (Å²) in [5, 5.41) is 2.37. The summed E-state index contributed by atoms with van der Waals surface area (Å²) in [4.78, 5) is 0. The van der Waals surface area contributed by atoms with Crippen LogP contribution in [-0.4, -0.2) is 18.3 Å². The van der Waals surface area contributed by atoms with E-state index in [9.17, 15) is 0 Å². The first-order chi connectivity index (χ1) is 10.1. The number of hydrogen-bond donors (Lipinski definition) is 1. The van der Waals surface area contributed by atoms with Crippen LogP contribution in [-0.2, 0) is 11.3 Å². The Labute approximate surface area is 126 Å². The van der Waals surface area contributed by atoms with E-state index in [1.165, 1.54) is 10.8 Å². The number of fused-ring (bicyclic) bond motifs is 1. The van der Waals surface area contributed by atoms with E-state index in [4.69, 9.17) is 15.2 Å². The lowest BCUT2D eigenvalue weighted by Gasteiger charge is -2.20. The quantitative estimate of drug-likeness (QED) is 0.933. The maximum atomic E-state index is 6.01. The van der Waals surface area contributed by atoms with Crippen LogP contribution in [0.3, 0.4) is 0 Å². The van der Waals surface area contributed by atoms with E-state index in [1.807, 2.05) is 18.2 Å². The number of nitrogens with two attached hydrogens (primary N) is 1. The van der Waals surface area contributed by atoms with E-state index in [1.54, 1.807) is 0 Å². The van der Waals surface area contributed by atoms with E-state index in [-0.39, 0.29) is 11.7 Å². The highest BCUT2D eigenvalue weighted by Crippen LogP contribution is 2.31. The summed E-state index contributed by atoms with van der Waals surface area (Å²) in [6.45, 7) is 5.34. The summed E-state index contributed by atoms with van der Waals surface area (Å²) >= 11 is 0. The lowest BCUT2D eigenvalue weighted by atomic mass is 10.0. The zero-order chi connectivity index (χ0) is 14.9. The number of benzene rings is 2. The lowest BCUT2D eigenvalue weighted by Crippen LogP contribution is -2.24. The standard InChI is InChI=1S/C18H23NO2/c1-18(2)10-9-14(21-18)12-20-17-8-7-13-5-3-4-6-15(13)16(17)11-19/h3-8,14H,9-12,19H2,1-2H3. The summed E-state index contributed by atoms with van der Waals surface area (Å²) in [6.07, 6.45) is 2.32. The molecule has 0 bridgehead atoms. The van der Waals surface area contributed by atoms with Gasteiger partial charge in [-0.3, -0.25) is 0 Å².